The van der Waals surface area contributed by atoms with Crippen LogP contribution < -0.4 is 5.32 Å². The van der Waals surface area contributed by atoms with Gasteiger partial charge in [-0.15, -0.1) is 6.58 Å². The summed E-state index contributed by atoms with van der Waals surface area (Å²) in [5, 5.41) is 11.9. The number of hydrogen-bond donors (Lipinski definition) is 2. The molecule has 0 fully saturated rings. The summed E-state index contributed by atoms with van der Waals surface area (Å²) in [7, 11) is 0. The Morgan fingerprint density at radius 1 is 1.12 bits per heavy atom. The van der Waals surface area contributed by atoms with E-state index in [-0.39, 0.29) is 11.7 Å². The van der Waals surface area contributed by atoms with E-state index in [9.17, 15) is 14.7 Å². The highest BCUT2D eigenvalue weighted by molar-refractivity contribution is 5.92. The fourth-order valence-electron chi connectivity index (χ4n) is 2.05. The minimum absolute atomic E-state index is 0.197. The van der Waals surface area contributed by atoms with Gasteiger partial charge in [0.1, 0.15) is 5.75 Å². The van der Waals surface area contributed by atoms with Crippen LogP contribution in [0.4, 0.5) is 0 Å². The van der Waals surface area contributed by atoms with Crippen LogP contribution in [0.1, 0.15) is 17.3 Å². The molecular formula is C19H19NO4. The molecule has 0 bridgehead atoms. The first kappa shape index (κ1) is 17.3. The fourth-order valence-corrected chi connectivity index (χ4v) is 2.05. The molecule has 0 aromatic heterocycles. The monoisotopic (exact) mass is 325 g/mol. The Hall–Kier alpha value is -3.08. The lowest BCUT2D eigenvalue weighted by molar-refractivity contribution is -0.128. The van der Waals surface area contributed by atoms with Gasteiger partial charge >= 0.3 is 5.97 Å². The number of carbonyl (C=O) groups is 2. The number of benzene rings is 2. The van der Waals surface area contributed by atoms with Crippen LogP contribution in [-0.2, 0) is 9.53 Å². The van der Waals surface area contributed by atoms with E-state index >= 15 is 0 Å². The average Bonchev–Trinajstić information content (AvgIpc) is 2.60. The third-order valence-electron chi connectivity index (χ3n) is 3.39. The molecule has 0 aliphatic carbocycles. The number of amides is 1. The molecule has 0 saturated carbocycles. The second kappa shape index (κ2) is 7.97. The largest absolute Gasteiger partial charge is 0.508 e. The van der Waals surface area contributed by atoms with Crippen molar-refractivity contribution in [1.29, 1.82) is 0 Å². The second-order valence-corrected chi connectivity index (χ2v) is 5.21. The lowest BCUT2D eigenvalue weighted by atomic mass is 10.0. The highest BCUT2D eigenvalue weighted by Gasteiger charge is 2.18. The van der Waals surface area contributed by atoms with E-state index in [2.05, 4.69) is 11.9 Å². The Bertz CT molecular complexity index is 720. The maximum Gasteiger partial charge on any atom is 0.338 e. The lowest BCUT2D eigenvalue weighted by Crippen LogP contribution is -2.35. The third-order valence-corrected chi connectivity index (χ3v) is 3.39. The molecule has 0 saturated heterocycles. The topological polar surface area (TPSA) is 75.6 Å². The zero-order valence-corrected chi connectivity index (χ0v) is 13.4. The first-order chi connectivity index (χ1) is 11.5. The summed E-state index contributed by atoms with van der Waals surface area (Å²) in [6.45, 7) is 5.34. The summed E-state index contributed by atoms with van der Waals surface area (Å²) < 4.78 is 5.14. The van der Waals surface area contributed by atoms with Crippen LogP contribution in [0.15, 0.2) is 61.2 Å². The first-order valence-electron chi connectivity index (χ1n) is 7.50. The Morgan fingerprint density at radius 3 is 2.21 bits per heavy atom. The van der Waals surface area contributed by atoms with Gasteiger partial charge in [-0.1, -0.05) is 30.3 Å². The van der Waals surface area contributed by atoms with Crippen molar-refractivity contribution >= 4 is 11.9 Å². The van der Waals surface area contributed by atoms with Gasteiger partial charge in [0.2, 0.25) is 0 Å². The maximum atomic E-state index is 12.1. The number of rotatable bonds is 6. The Labute approximate surface area is 140 Å². The van der Waals surface area contributed by atoms with Gasteiger partial charge in [-0.2, -0.15) is 0 Å². The van der Waals surface area contributed by atoms with Crippen molar-refractivity contribution in [3.63, 3.8) is 0 Å². The summed E-state index contributed by atoms with van der Waals surface area (Å²) in [5.74, 6) is -0.736. The summed E-state index contributed by atoms with van der Waals surface area (Å²) in [5.41, 5.74) is 2.19. The van der Waals surface area contributed by atoms with Gasteiger partial charge in [0, 0.05) is 6.54 Å². The predicted octanol–water partition coefficient (Wildman–Crippen LogP) is 2.91. The molecule has 2 rings (SSSR count). The summed E-state index contributed by atoms with van der Waals surface area (Å²) in [6.07, 6.45) is 0.670. The van der Waals surface area contributed by atoms with Gasteiger partial charge < -0.3 is 15.2 Å². The van der Waals surface area contributed by atoms with Gasteiger partial charge in [0.25, 0.3) is 5.91 Å². The molecule has 0 aliphatic heterocycles. The van der Waals surface area contributed by atoms with Gasteiger partial charge in [-0.05, 0) is 42.3 Å². The first-order valence-corrected chi connectivity index (χ1v) is 7.50. The number of ether oxygens (including phenoxy) is 1. The summed E-state index contributed by atoms with van der Waals surface area (Å²) in [6, 6.07) is 13.6. The van der Waals surface area contributed by atoms with E-state index in [4.69, 9.17) is 4.74 Å². The van der Waals surface area contributed by atoms with Crippen molar-refractivity contribution in [2.45, 2.75) is 13.0 Å². The lowest BCUT2D eigenvalue weighted by Gasteiger charge is -2.13. The molecule has 5 nitrogen and oxygen atoms in total. The Kier molecular flexibility index (Phi) is 5.73. The molecular weight excluding hydrogens is 306 g/mol. The van der Waals surface area contributed by atoms with Crippen LogP contribution >= 0.6 is 0 Å². The molecule has 0 heterocycles. The van der Waals surface area contributed by atoms with E-state index < -0.39 is 12.1 Å². The standard InChI is InChI=1S/C19H19NO4/c1-3-12-20-18(22)13(2)24-19(23)16-6-4-14(5-7-16)15-8-10-17(21)11-9-15/h3-11,13,21H,1,12H2,2H3,(H,20,22). The molecule has 1 atom stereocenters. The molecule has 2 aromatic carbocycles. The molecule has 1 unspecified atom stereocenters. The molecule has 1 amide bonds. The van der Waals surface area contributed by atoms with Crippen LogP contribution in [0.3, 0.4) is 0 Å². The molecule has 0 radical (unpaired) electrons. The third kappa shape index (κ3) is 4.46. The van der Waals surface area contributed by atoms with Crippen molar-refractivity contribution < 1.29 is 19.4 Å². The minimum Gasteiger partial charge on any atom is -0.508 e. The van der Waals surface area contributed by atoms with E-state index in [1.54, 1.807) is 54.6 Å². The summed E-state index contributed by atoms with van der Waals surface area (Å²) >= 11 is 0. The number of hydrogen-bond acceptors (Lipinski definition) is 4. The summed E-state index contributed by atoms with van der Waals surface area (Å²) in [4.78, 5) is 23.7. The number of carbonyl (C=O) groups excluding carboxylic acids is 2. The molecule has 24 heavy (non-hydrogen) atoms. The average molecular weight is 325 g/mol. The smallest absolute Gasteiger partial charge is 0.338 e. The zero-order valence-electron chi connectivity index (χ0n) is 13.4. The van der Waals surface area contributed by atoms with E-state index in [1.165, 1.54) is 6.92 Å². The fraction of sp³-hybridized carbons (Fsp3) is 0.158. The van der Waals surface area contributed by atoms with Crippen molar-refractivity contribution in [2.75, 3.05) is 6.54 Å². The maximum absolute atomic E-state index is 12.1. The van der Waals surface area contributed by atoms with Gasteiger partial charge in [0.05, 0.1) is 5.56 Å². The Balaban J connectivity index is 2.02. The minimum atomic E-state index is -0.880. The van der Waals surface area contributed by atoms with Crippen LogP contribution in [0.2, 0.25) is 0 Å². The second-order valence-electron chi connectivity index (χ2n) is 5.21. The number of phenols is 1. The number of nitrogens with one attached hydrogen (secondary N) is 1. The SMILES string of the molecule is C=CCNC(=O)C(C)OC(=O)c1ccc(-c2ccc(O)cc2)cc1. The van der Waals surface area contributed by atoms with E-state index in [1.807, 2.05) is 0 Å². The molecule has 124 valence electrons. The molecule has 2 N–H and O–H groups in total. The predicted molar refractivity (Wildman–Crippen MR) is 91.6 cm³/mol. The number of aromatic hydroxyl groups is 1. The van der Waals surface area contributed by atoms with Crippen LogP contribution in [0, 0.1) is 0 Å². The highest BCUT2D eigenvalue weighted by Crippen LogP contribution is 2.22. The zero-order chi connectivity index (χ0) is 17.5. The Morgan fingerprint density at radius 2 is 1.67 bits per heavy atom. The van der Waals surface area contributed by atoms with Crippen molar-refractivity contribution in [3.8, 4) is 16.9 Å². The molecule has 2 aromatic rings. The van der Waals surface area contributed by atoms with Gasteiger partial charge in [-0.3, -0.25) is 4.79 Å². The van der Waals surface area contributed by atoms with E-state index in [0.29, 0.717) is 12.1 Å². The van der Waals surface area contributed by atoms with Crippen molar-refractivity contribution in [1.82, 2.24) is 5.32 Å². The molecule has 0 aliphatic rings. The number of esters is 1. The van der Waals surface area contributed by atoms with Crippen molar-refractivity contribution in [3.05, 3.63) is 66.7 Å². The van der Waals surface area contributed by atoms with Crippen LogP contribution in [0.5, 0.6) is 5.75 Å². The van der Waals surface area contributed by atoms with Crippen LogP contribution in [-0.4, -0.2) is 29.6 Å². The van der Waals surface area contributed by atoms with Gasteiger partial charge in [0.15, 0.2) is 6.10 Å². The van der Waals surface area contributed by atoms with E-state index in [0.717, 1.165) is 11.1 Å². The van der Waals surface area contributed by atoms with Crippen molar-refractivity contribution in [2.24, 2.45) is 0 Å². The molecule has 5 heteroatoms. The van der Waals surface area contributed by atoms with Crippen LogP contribution in [0.25, 0.3) is 11.1 Å². The van der Waals surface area contributed by atoms with Gasteiger partial charge in [-0.25, -0.2) is 4.79 Å². The highest BCUT2D eigenvalue weighted by atomic mass is 16.5. The molecule has 0 spiro atoms. The quantitative estimate of drug-likeness (QED) is 0.632. The number of phenolic OH excluding ortho intramolecular Hbond substituents is 1. The normalized spacial score (nSPS) is 11.4.